The van der Waals surface area contributed by atoms with Crippen molar-refractivity contribution in [3.63, 3.8) is 0 Å². The normalized spacial score (nSPS) is 26.1. The molecule has 2 saturated heterocycles. The van der Waals surface area contributed by atoms with Gasteiger partial charge >= 0.3 is 0 Å². The van der Waals surface area contributed by atoms with Crippen LogP contribution in [0.25, 0.3) is 0 Å². The Morgan fingerprint density at radius 2 is 1.78 bits per heavy atom. The van der Waals surface area contributed by atoms with Gasteiger partial charge in [-0.2, -0.15) is 0 Å². The molecular formula is C19H20N2O2. The monoisotopic (exact) mass is 308 g/mol. The molecule has 1 amide bonds. The Morgan fingerprint density at radius 3 is 2.43 bits per heavy atom. The molecule has 23 heavy (non-hydrogen) atoms. The van der Waals surface area contributed by atoms with Gasteiger partial charge in [0.15, 0.2) is 0 Å². The molecule has 0 saturated carbocycles. The van der Waals surface area contributed by atoms with Crippen molar-refractivity contribution in [3.05, 3.63) is 60.4 Å². The van der Waals surface area contributed by atoms with E-state index >= 15 is 0 Å². The number of rotatable bonds is 3. The summed E-state index contributed by atoms with van der Waals surface area (Å²) in [5.41, 5.74) is 0.788. The van der Waals surface area contributed by atoms with Gasteiger partial charge in [0.25, 0.3) is 5.91 Å². The number of carbonyl (C=O) groups is 1. The highest BCUT2D eigenvalue weighted by Gasteiger charge is 2.44. The maximum Gasteiger partial charge on any atom is 0.254 e. The minimum Gasteiger partial charge on any atom is -0.489 e. The molecule has 2 unspecified atom stereocenters. The Hall–Kier alpha value is -2.36. The van der Waals surface area contributed by atoms with Crippen LogP contribution in [-0.4, -0.2) is 34.0 Å². The number of carbonyl (C=O) groups excluding carboxylic acids is 1. The molecule has 0 spiro atoms. The average Bonchev–Trinajstić information content (AvgIpc) is 2.87. The Kier molecular flexibility index (Phi) is 3.74. The number of piperidine rings is 1. The van der Waals surface area contributed by atoms with Gasteiger partial charge in [0.2, 0.25) is 0 Å². The van der Waals surface area contributed by atoms with E-state index < -0.39 is 0 Å². The number of aromatic nitrogens is 1. The zero-order chi connectivity index (χ0) is 15.6. The van der Waals surface area contributed by atoms with Gasteiger partial charge in [-0.15, -0.1) is 0 Å². The molecule has 4 nitrogen and oxygen atoms in total. The van der Waals surface area contributed by atoms with Gasteiger partial charge in [-0.1, -0.05) is 18.2 Å². The molecule has 1 aromatic carbocycles. The van der Waals surface area contributed by atoms with E-state index in [4.69, 9.17) is 4.74 Å². The second kappa shape index (κ2) is 6.03. The highest BCUT2D eigenvalue weighted by Crippen LogP contribution is 2.38. The summed E-state index contributed by atoms with van der Waals surface area (Å²) in [5, 5.41) is 0. The molecule has 4 heteroatoms. The van der Waals surface area contributed by atoms with Crippen LogP contribution in [0.2, 0.25) is 0 Å². The number of fused-ring (bicyclic) bond motifs is 2. The number of pyridine rings is 1. The first kappa shape index (κ1) is 14.2. The fourth-order valence-electron chi connectivity index (χ4n) is 3.89. The molecule has 2 bridgehead atoms. The summed E-state index contributed by atoms with van der Waals surface area (Å²) in [6.45, 7) is 0. The van der Waals surface area contributed by atoms with Crippen LogP contribution in [0.3, 0.4) is 0 Å². The van der Waals surface area contributed by atoms with E-state index in [-0.39, 0.29) is 12.0 Å². The van der Waals surface area contributed by atoms with Crippen LogP contribution in [0.4, 0.5) is 0 Å². The van der Waals surface area contributed by atoms with E-state index in [1.54, 1.807) is 12.4 Å². The first-order valence-electron chi connectivity index (χ1n) is 8.25. The summed E-state index contributed by atoms with van der Waals surface area (Å²) in [7, 11) is 0. The Bertz CT molecular complexity index is 660. The van der Waals surface area contributed by atoms with Crippen LogP contribution in [0.5, 0.6) is 5.75 Å². The third-order valence-electron chi connectivity index (χ3n) is 4.88. The van der Waals surface area contributed by atoms with Crippen LogP contribution < -0.4 is 4.74 Å². The lowest BCUT2D eigenvalue weighted by Gasteiger charge is -2.39. The van der Waals surface area contributed by atoms with Crippen LogP contribution in [-0.2, 0) is 0 Å². The van der Waals surface area contributed by atoms with Crippen LogP contribution in [0.15, 0.2) is 54.9 Å². The quantitative estimate of drug-likeness (QED) is 0.874. The zero-order valence-corrected chi connectivity index (χ0v) is 13.0. The number of nitrogens with zero attached hydrogens (tertiary/aromatic N) is 2. The van der Waals surface area contributed by atoms with E-state index in [1.165, 1.54) is 0 Å². The fraction of sp³-hybridized carbons (Fsp3) is 0.368. The number of ether oxygens (including phenoxy) is 1. The number of amides is 1. The topological polar surface area (TPSA) is 42.4 Å². The number of hydrogen-bond donors (Lipinski definition) is 0. The molecule has 4 rings (SSSR count). The molecule has 3 heterocycles. The number of benzene rings is 1. The van der Waals surface area contributed by atoms with Gasteiger partial charge in [0.05, 0.1) is 6.20 Å². The second-order valence-corrected chi connectivity index (χ2v) is 6.36. The SMILES string of the molecule is O=C(c1ccccc1)N1C2CCC1CC(Oc1cccnc1)C2. The molecule has 2 aromatic rings. The lowest BCUT2D eigenvalue weighted by Crippen LogP contribution is -2.49. The van der Waals surface area contributed by atoms with Gasteiger partial charge in [-0.3, -0.25) is 9.78 Å². The van der Waals surface area contributed by atoms with Crippen molar-refractivity contribution in [2.75, 3.05) is 0 Å². The van der Waals surface area contributed by atoms with Gasteiger partial charge in [0.1, 0.15) is 11.9 Å². The standard InChI is InChI=1S/C19H20N2O2/c22-19(14-5-2-1-3-6-14)21-15-8-9-16(21)12-18(11-15)23-17-7-4-10-20-13-17/h1-7,10,13,15-16,18H,8-9,11-12H2. The van der Waals surface area contributed by atoms with Crippen LogP contribution in [0, 0.1) is 0 Å². The van der Waals surface area contributed by atoms with E-state index in [0.717, 1.165) is 37.0 Å². The third-order valence-corrected chi connectivity index (χ3v) is 4.88. The Morgan fingerprint density at radius 1 is 1.04 bits per heavy atom. The third kappa shape index (κ3) is 2.81. The lowest BCUT2D eigenvalue weighted by molar-refractivity contribution is 0.0358. The second-order valence-electron chi connectivity index (χ2n) is 6.36. The highest BCUT2D eigenvalue weighted by molar-refractivity contribution is 5.94. The van der Waals surface area contributed by atoms with Crippen LogP contribution >= 0.6 is 0 Å². The molecular weight excluding hydrogens is 288 g/mol. The first-order valence-corrected chi connectivity index (χ1v) is 8.25. The van der Waals surface area contributed by atoms with Crippen molar-refractivity contribution >= 4 is 5.91 Å². The zero-order valence-electron chi connectivity index (χ0n) is 13.0. The molecule has 2 atom stereocenters. The van der Waals surface area contributed by atoms with Crippen molar-refractivity contribution in [3.8, 4) is 5.75 Å². The van der Waals surface area contributed by atoms with Crippen molar-refractivity contribution in [2.45, 2.75) is 43.9 Å². The Balaban J connectivity index is 1.47. The van der Waals surface area contributed by atoms with Crippen molar-refractivity contribution in [1.29, 1.82) is 0 Å². The highest BCUT2D eigenvalue weighted by atomic mass is 16.5. The predicted molar refractivity (Wildman–Crippen MR) is 87.3 cm³/mol. The van der Waals surface area contributed by atoms with Gasteiger partial charge < -0.3 is 9.64 Å². The Labute approximate surface area is 136 Å². The molecule has 2 aliphatic rings. The summed E-state index contributed by atoms with van der Waals surface area (Å²) in [6, 6.07) is 14.0. The van der Waals surface area contributed by atoms with Crippen molar-refractivity contribution in [2.24, 2.45) is 0 Å². The van der Waals surface area contributed by atoms with E-state index in [9.17, 15) is 4.79 Å². The predicted octanol–water partition coefficient (Wildman–Crippen LogP) is 3.30. The minimum absolute atomic E-state index is 0.165. The smallest absolute Gasteiger partial charge is 0.254 e. The maximum absolute atomic E-state index is 12.8. The van der Waals surface area contributed by atoms with E-state index in [0.29, 0.717) is 12.1 Å². The van der Waals surface area contributed by atoms with Crippen LogP contribution in [0.1, 0.15) is 36.0 Å². The summed E-state index contributed by atoms with van der Waals surface area (Å²) in [6.07, 6.45) is 7.65. The van der Waals surface area contributed by atoms with Crippen molar-refractivity contribution < 1.29 is 9.53 Å². The summed E-state index contributed by atoms with van der Waals surface area (Å²) in [5.74, 6) is 0.984. The van der Waals surface area contributed by atoms with Crippen molar-refractivity contribution in [1.82, 2.24) is 9.88 Å². The maximum atomic E-state index is 12.8. The van der Waals surface area contributed by atoms with Gasteiger partial charge in [-0.05, 0) is 37.1 Å². The largest absolute Gasteiger partial charge is 0.489 e. The van der Waals surface area contributed by atoms with Gasteiger partial charge in [0, 0.05) is 36.7 Å². The number of hydrogen-bond acceptors (Lipinski definition) is 3. The summed E-state index contributed by atoms with van der Waals surface area (Å²) < 4.78 is 6.07. The minimum atomic E-state index is 0.165. The first-order chi connectivity index (χ1) is 11.3. The molecule has 0 aliphatic carbocycles. The summed E-state index contributed by atoms with van der Waals surface area (Å²) in [4.78, 5) is 19.0. The summed E-state index contributed by atoms with van der Waals surface area (Å²) >= 11 is 0. The molecule has 1 aromatic heterocycles. The lowest BCUT2D eigenvalue weighted by atomic mass is 9.98. The van der Waals surface area contributed by atoms with E-state index in [2.05, 4.69) is 9.88 Å². The molecule has 118 valence electrons. The molecule has 0 radical (unpaired) electrons. The molecule has 2 fully saturated rings. The average molecular weight is 308 g/mol. The van der Waals surface area contributed by atoms with E-state index in [1.807, 2.05) is 42.5 Å². The fourth-order valence-corrected chi connectivity index (χ4v) is 3.89. The van der Waals surface area contributed by atoms with Gasteiger partial charge in [-0.25, -0.2) is 0 Å². The molecule has 2 aliphatic heterocycles. The molecule has 0 N–H and O–H groups in total.